The van der Waals surface area contributed by atoms with Crippen molar-refractivity contribution in [3.05, 3.63) is 42.1 Å². The molecule has 114 valence electrons. The molecule has 0 amide bonds. The first-order valence-electron chi connectivity index (χ1n) is 7.78. The maximum Gasteiger partial charge on any atom is 0.0705 e. The average molecular weight is 285 g/mol. The van der Waals surface area contributed by atoms with Gasteiger partial charge in [-0.1, -0.05) is 32.0 Å². The van der Waals surface area contributed by atoms with E-state index in [1.807, 2.05) is 12.3 Å². The zero-order chi connectivity index (χ0) is 15.5. The molecule has 0 aliphatic carbocycles. The molecule has 3 heteroatoms. The minimum Gasteiger partial charge on any atom is -0.309 e. The highest BCUT2D eigenvalue weighted by Gasteiger charge is 2.35. The second kappa shape index (κ2) is 6.54. The number of nitrogens with zero attached hydrogens (tertiary/aromatic N) is 2. The van der Waals surface area contributed by atoms with Crippen molar-refractivity contribution in [3.63, 3.8) is 0 Å². The second-order valence-corrected chi connectivity index (χ2v) is 6.05. The summed E-state index contributed by atoms with van der Waals surface area (Å²) in [6.07, 6.45) is 2.94. The maximum absolute atomic E-state index is 4.50. The van der Waals surface area contributed by atoms with Crippen LogP contribution in [0.1, 0.15) is 38.8 Å². The van der Waals surface area contributed by atoms with E-state index >= 15 is 0 Å². The monoisotopic (exact) mass is 285 g/mol. The number of hydrogen-bond donors (Lipinski definition) is 1. The third-order valence-electron chi connectivity index (χ3n) is 4.73. The Morgan fingerprint density at radius 3 is 2.62 bits per heavy atom. The lowest BCUT2D eigenvalue weighted by molar-refractivity contribution is 0.114. The number of likely N-dealkylation sites (N-methyl/N-ethyl adjacent to an activating group) is 2. The van der Waals surface area contributed by atoms with Crippen molar-refractivity contribution >= 4 is 10.9 Å². The number of hydrogen-bond acceptors (Lipinski definition) is 3. The summed E-state index contributed by atoms with van der Waals surface area (Å²) in [4.78, 5) is 6.82. The summed E-state index contributed by atoms with van der Waals surface area (Å²) in [5.74, 6) is 0. The number of benzene rings is 1. The van der Waals surface area contributed by atoms with Gasteiger partial charge in [0.1, 0.15) is 0 Å². The Morgan fingerprint density at radius 2 is 2.00 bits per heavy atom. The molecule has 2 rings (SSSR count). The van der Waals surface area contributed by atoms with E-state index in [1.165, 1.54) is 10.9 Å². The van der Waals surface area contributed by atoms with Crippen LogP contribution in [0.5, 0.6) is 0 Å². The van der Waals surface area contributed by atoms with Gasteiger partial charge in [-0.05, 0) is 51.7 Å². The molecular weight excluding hydrogens is 258 g/mol. The number of fused-ring (bicyclic) bond motifs is 1. The molecule has 0 bridgehead atoms. The van der Waals surface area contributed by atoms with E-state index < -0.39 is 0 Å². The number of aromatic nitrogens is 1. The molecule has 1 aromatic carbocycles. The van der Waals surface area contributed by atoms with Crippen molar-refractivity contribution in [1.29, 1.82) is 0 Å². The van der Waals surface area contributed by atoms with E-state index in [9.17, 15) is 0 Å². The van der Waals surface area contributed by atoms with Gasteiger partial charge in [-0.3, -0.25) is 4.98 Å². The van der Waals surface area contributed by atoms with Crippen LogP contribution in [0.4, 0.5) is 0 Å². The van der Waals surface area contributed by atoms with Crippen LogP contribution in [0.25, 0.3) is 10.9 Å². The van der Waals surface area contributed by atoms with Gasteiger partial charge in [-0.2, -0.15) is 0 Å². The van der Waals surface area contributed by atoms with Crippen LogP contribution >= 0.6 is 0 Å². The first kappa shape index (κ1) is 15.9. The van der Waals surface area contributed by atoms with Crippen molar-refractivity contribution in [2.45, 2.75) is 38.8 Å². The van der Waals surface area contributed by atoms with Crippen molar-refractivity contribution in [1.82, 2.24) is 15.2 Å². The van der Waals surface area contributed by atoms with Gasteiger partial charge in [0.05, 0.1) is 11.6 Å². The van der Waals surface area contributed by atoms with Crippen LogP contribution in [-0.4, -0.2) is 36.1 Å². The summed E-state index contributed by atoms with van der Waals surface area (Å²) in [5, 5.41) is 4.86. The fourth-order valence-corrected chi connectivity index (χ4v) is 2.94. The topological polar surface area (TPSA) is 28.2 Å². The van der Waals surface area contributed by atoms with Gasteiger partial charge in [0.25, 0.3) is 0 Å². The first-order chi connectivity index (χ1) is 10.0. The SMILES string of the molecule is CCNC(c1ccc2cccnc2c1)C(C)(CC)N(C)C. The zero-order valence-electron chi connectivity index (χ0n) is 13.9. The molecule has 2 aromatic rings. The third kappa shape index (κ3) is 3.09. The van der Waals surface area contributed by atoms with Crippen LogP contribution < -0.4 is 5.32 Å². The van der Waals surface area contributed by atoms with Crippen LogP contribution in [0, 0.1) is 0 Å². The minimum atomic E-state index is 0.0679. The predicted molar refractivity (Wildman–Crippen MR) is 90.5 cm³/mol. The molecule has 0 saturated heterocycles. The average Bonchev–Trinajstić information content (AvgIpc) is 2.51. The van der Waals surface area contributed by atoms with Crippen LogP contribution in [0.2, 0.25) is 0 Å². The van der Waals surface area contributed by atoms with E-state index in [0.717, 1.165) is 18.5 Å². The van der Waals surface area contributed by atoms with Crippen LogP contribution in [-0.2, 0) is 0 Å². The lowest BCUT2D eigenvalue weighted by Crippen LogP contribution is -2.51. The zero-order valence-corrected chi connectivity index (χ0v) is 13.9. The third-order valence-corrected chi connectivity index (χ3v) is 4.73. The summed E-state index contributed by atoms with van der Waals surface area (Å²) in [5.41, 5.74) is 2.44. The van der Waals surface area contributed by atoms with Gasteiger partial charge >= 0.3 is 0 Å². The molecule has 1 heterocycles. The molecule has 3 nitrogen and oxygen atoms in total. The molecule has 1 aromatic heterocycles. The van der Waals surface area contributed by atoms with E-state index in [-0.39, 0.29) is 11.6 Å². The normalized spacial score (nSPS) is 16.1. The smallest absolute Gasteiger partial charge is 0.0705 e. The second-order valence-electron chi connectivity index (χ2n) is 6.05. The van der Waals surface area contributed by atoms with Gasteiger partial charge in [0, 0.05) is 17.1 Å². The van der Waals surface area contributed by atoms with E-state index in [4.69, 9.17) is 0 Å². The molecule has 2 atom stereocenters. The van der Waals surface area contributed by atoms with Crippen molar-refractivity contribution < 1.29 is 0 Å². The van der Waals surface area contributed by atoms with E-state index in [0.29, 0.717) is 0 Å². The summed E-state index contributed by atoms with van der Waals surface area (Å²) in [6.45, 7) is 7.69. The number of rotatable bonds is 6. The molecule has 1 N–H and O–H groups in total. The molecule has 21 heavy (non-hydrogen) atoms. The summed E-state index contributed by atoms with van der Waals surface area (Å²) in [7, 11) is 4.32. The van der Waals surface area contributed by atoms with Gasteiger partial charge in [-0.15, -0.1) is 0 Å². The molecule has 0 spiro atoms. The summed E-state index contributed by atoms with van der Waals surface area (Å²) < 4.78 is 0. The fraction of sp³-hybridized carbons (Fsp3) is 0.500. The lowest BCUT2D eigenvalue weighted by Gasteiger charge is -2.43. The van der Waals surface area contributed by atoms with Gasteiger partial charge < -0.3 is 10.2 Å². The molecule has 0 saturated carbocycles. The Hall–Kier alpha value is -1.45. The molecule has 0 aliphatic heterocycles. The highest BCUT2D eigenvalue weighted by atomic mass is 15.2. The van der Waals surface area contributed by atoms with Crippen molar-refractivity contribution in [2.75, 3.05) is 20.6 Å². The fourth-order valence-electron chi connectivity index (χ4n) is 2.94. The minimum absolute atomic E-state index is 0.0679. The number of pyridine rings is 1. The van der Waals surface area contributed by atoms with Crippen molar-refractivity contribution in [3.8, 4) is 0 Å². The standard InChI is InChI=1S/C18H27N3/c1-6-18(3,21(4)5)17(19-7-2)15-11-10-14-9-8-12-20-16(14)13-15/h8-13,17,19H,6-7H2,1-5H3. The Kier molecular flexibility index (Phi) is 4.96. The maximum atomic E-state index is 4.50. The molecule has 0 radical (unpaired) electrons. The highest BCUT2D eigenvalue weighted by Crippen LogP contribution is 2.33. The lowest BCUT2D eigenvalue weighted by atomic mass is 9.83. The molecule has 0 aliphatic rings. The van der Waals surface area contributed by atoms with Gasteiger partial charge in [-0.25, -0.2) is 0 Å². The Morgan fingerprint density at radius 1 is 1.24 bits per heavy atom. The highest BCUT2D eigenvalue weighted by molar-refractivity contribution is 5.79. The molecule has 2 unspecified atom stereocenters. The van der Waals surface area contributed by atoms with E-state index in [2.05, 4.69) is 74.3 Å². The number of nitrogens with one attached hydrogen (secondary N) is 1. The Labute approximate surface area is 128 Å². The molecule has 0 fully saturated rings. The summed E-state index contributed by atoms with van der Waals surface area (Å²) >= 11 is 0. The van der Waals surface area contributed by atoms with Crippen LogP contribution in [0.3, 0.4) is 0 Å². The van der Waals surface area contributed by atoms with E-state index in [1.54, 1.807) is 0 Å². The largest absolute Gasteiger partial charge is 0.309 e. The quantitative estimate of drug-likeness (QED) is 0.878. The van der Waals surface area contributed by atoms with Gasteiger partial charge in [0.2, 0.25) is 0 Å². The first-order valence-corrected chi connectivity index (χ1v) is 7.78. The predicted octanol–water partition coefficient (Wildman–Crippen LogP) is 3.62. The van der Waals surface area contributed by atoms with Crippen LogP contribution in [0.15, 0.2) is 36.5 Å². The Balaban J connectivity index is 2.49. The van der Waals surface area contributed by atoms with Crippen molar-refractivity contribution in [2.24, 2.45) is 0 Å². The Bertz CT molecular complexity index is 594. The van der Waals surface area contributed by atoms with Gasteiger partial charge in [0.15, 0.2) is 0 Å². The molecular formula is C18H27N3. The summed E-state index contributed by atoms with van der Waals surface area (Å²) in [6, 6.07) is 11.0.